The molecule has 0 aliphatic heterocycles. The average molecular weight is 1520 g/mol. The van der Waals surface area contributed by atoms with Crippen molar-refractivity contribution in [3.63, 3.8) is 0 Å². The largest absolute Gasteiger partial charge is 0.344 e. The second-order valence-corrected chi connectivity index (χ2v) is 30.9. The third kappa shape index (κ3) is 11.4. The Balaban J connectivity index is 0.000000105. The van der Waals surface area contributed by atoms with Crippen LogP contribution in [0.1, 0.15) is 0 Å². The normalized spacial score (nSPS) is 11.8. The highest BCUT2D eigenvalue weighted by atomic mass is 15.0. The van der Waals surface area contributed by atoms with Crippen molar-refractivity contribution in [1.82, 2.24) is 43.6 Å². The molecule has 0 amide bonds. The second kappa shape index (κ2) is 28.0. The molecule has 9 heteroatoms. The van der Waals surface area contributed by atoms with Crippen molar-refractivity contribution in [3.05, 3.63) is 395 Å². The number of aromatic nitrogens is 9. The lowest BCUT2D eigenvalue weighted by molar-refractivity contribution is 1.01. The summed E-state index contributed by atoms with van der Waals surface area (Å²) in [6.07, 6.45) is 5.76. The Bertz CT molecular complexity index is 8380. The Hall–Kier alpha value is -15.8. The van der Waals surface area contributed by atoms with Gasteiger partial charge in [-0.05, 0) is 126 Å². The number of fused-ring (bicyclic) bond motifs is 27. The van der Waals surface area contributed by atoms with E-state index in [1.807, 2.05) is 18.6 Å². The van der Waals surface area contributed by atoms with E-state index in [-0.39, 0.29) is 0 Å². The fourth-order valence-electron chi connectivity index (χ4n) is 18.6. The zero-order chi connectivity index (χ0) is 78.8. The summed E-state index contributed by atoms with van der Waals surface area (Å²) in [5.74, 6) is 0. The molecule has 0 aliphatic carbocycles. The van der Waals surface area contributed by atoms with Crippen LogP contribution in [0.4, 0.5) is 0 Å². The van der Waals surface area contributed by atoms with Crippen molar-refractivity contribution >= 4 is 163 Å². The van der Waals surface area contributed by atoms with Gasteiger partial charge in [-0.25, -0.2) is 15.0 Å². The van der Waals surface area contributed by atoms with Crippen LogP contribution < -0.4 is 0 Å². The van der Waals surface area contributed by atoms with Gasteiger partial charge in [-0.15, -0.1) is 0 Å². The first-order valence-corrected chi connectivity index (χ1v) is 40.4. The summed E-state index contributed by atoms with van der Waals surface area (Å²) in [5, 5.41) is 21.7. The molecule has 0 saturated heterocycles. The van der Waals surface area contributed by atoms with Gasteiger partial charge in [0.15, 0.2) is 0 Å². The fourth-order valence-corrected chi connectivity index (χ4v) is 18.6. The van der Waals surface area contributed by atoms with Crippen molar-refractivity contribution in [3.8, 4) is 72.8 Å². The van der Waals surface area contributed by atoms with Crippen LogP contribution in [-0.2, 0) is 14.1 Å². The molecule has 25 rings (SSSR count). The monoisotopic (exact) mass is 1520 g/mol. The van der Waals surface area contributed by atoms with E-state index in [0.717, 1.165) is 116 Å². The molecule has 25 aromatic rings. The van der Waals surface area contributed by atoms with E-state index in [1.54, 1.807) is 0 Å². The topological polar surface area (TPSA) is 92.1 Å². The summed E-state index contributed by atoms with van der Waals surface area (Å²) >= 11 is 0. The molecule has 0 atom stereocenters. The summed E-state index contributed by atoms with van der Waals surface area (Å²) in [7, 11) is 4.29. The summed E-state index contributed by atoms with van der Waals surface area (Å²) in [4.78, 5) is 30.6. The highest BCUT2D eigenvalue weighted by Gasteiger charge is 2.21. The van der Waals surface area contributed by atoms with Gasteiger partial charge in [0, 0.05) is 123 Å². The fraction of sp³-hybridized carbons (Fsp3) is 0.0182. The van der Waals surface area contributed by atoms with Crippen molar-refractivity contribution < 1.29 is 0 Å². The van der Waals surface area contributed by atoms with Gasteiger partial charge in [0.25, 0.3) is 0 Å². The first kappa shape index (κ1) is 68.7. The van der Waals surface area contributed by atoms with Gasteiger partial charge < -0.3 is 13.7 Å². The lowest BCUT2D eigenvalue weighted by atomic mass is 9.96. The quantitative estimate of drug-likeness (QED) is 0.148. The third-order valence-corrected chi connectivity index (χ3v) is 24.3. The van der Waals surface area contributed by atoms with Crippen LogP contribution in [0.5, 0.6) is 0 Å². The Morgan fingerprint density at radius 3 is 0.899 bits per heavy atom. The molecule has 6 aromatic heterocycles. The molecule has 6 heterocycles. The van der Waals surface area contributed by atoms with Gasteiger partial charge in [0.1, 0.15) is 0 Å². The molecular formula is C110H71N9. The van der Waals surface area contributed by atoms with Crippen LogP contribution >= 0.6 is 0 Å². The first-order valence-electron chi connectivity index (χ1n) is 40.4. The highest BCUT2D eigenvalue weighted by Crippen LogP contribution is 2.43. The molecular weight excluding hydrogens is 1450 g/mol. The van der Waals surface area contributed by atoms with Gasteiger partial charge in [0.2, 0.25) is 0 Å². The van der Waals surface area contributed by atoms with Crippen molar-refractivity contribution in [2.75, 3.05) is 0 Å². The summed E-state index contributed by atoms with van der Waals surface area (Å²) in [5.41, 5.74) is 27.0. The Labute approximate surface area is 683 Å². The minimum atomic E-state index is 0.870. The molecule has 0 aliphatic rings. The van der Waals surface area contributed by atoms with E-state index in [4.69, 9.17) is 29.9 Å². The van der Waals surface area contributed by atoms with Gasteiger partial charge >= 0.3 is 0 Å². The molecule has 0 bridgehead atoms. The number of benzene rings is 19. The molecule has 0 unspecified atom stereocenters. The molecule has 9 nitrogen and oxygen atoms in total. The van der Waals surface area contributed by atoms with Crippen LogP contribution in [-0.4, -0.2) is 43.6 Å². The molecule has 0 saturated carbocycles. The van der Waals surface area contributed by atoms with E-state index in [9.17, 15) is 0 Å². The van der Waals surface area contributed by atoms with Gasteiger partial charge in [-0.1, -0.05) is 315 Å². The number of para-hydroxylation sites is 4. The number of rotatable bonds is 7. The average Bonchev–Trinajstić information content (AvgIpc) is 0.987. The third-order valence-electron chi connectivity index (χ3n) is 24.3. The lowest BCUT2D eigenvalue weighted by Crippen LogP contribution is -1.94. The van der Waals surface area contributed by atoms with Crippen molar-refractivity contribution in [1.29, 1.82) is 0 Å². The number of aryl methyl sites for hydroxylation is 2. The number of hydrogen-bond acceptors (Lipinski definition) is 6. The lowest BCUT2D eigenvalue weighted by Gasteiger charge is -2.13. The van der Waals surface area contributed by atoms with Crippen LogP contribution in [0.3, 0.4) is 0 Å². The zero-order valence-corrected chi connectivity index (χ0v) is 65.1. The molecule has 19 aromatic carbocycles. The van der Waals surface area contributed by atoms with Gasteiger partial charge in [0.05, 0.1) is 79.8 Å². The van der Waals surface area contributed by atoms with E-state index >= 15 is 0 Å². The van der Waals surface area contributed by atoms with E-state index < -0.39 is 0 Å². The smallest absolute Gasteiger partial charge is 0.0979 e. The Morgan fingerprint density at radius 1 is 0.176 bits per heavy atom. The number of nitrogens with zero attached hydrogens (tertiary/aromatic N) is 9. The van der Waals surface area contributed by atoms with E-state index in [1.165, 1.54) is 120 Å². The highest BCUT2D eigenvalue weighted by molar-refractivity contribution is 6.26. The molecule has 0 fully saturated rings. The predicted octanol–water partition coefficient (Wildman–Crippen LogP) is 28.2. The molecule has 0 spiro atoms. The maximum Gasteiger partial charge on any atom is 0.0979 e. The van der Waals surface area contributed by atoms with Crippen LogP contribution in [0.25, 0.3) is 236 Å². The first-order chi connectivity index (χ1) is 58.9. The molecule has 556 valence electrons. The number of hydrogen-bond donors (Lipinski definition) is 0. The standard InChI is InChI=1S/C40H25N3.2C35H23N3/c1-2-13-29(14-3-1)43-37-20-9-8-17-32(37)33-22-21-27(24-38(33)43)26-11-10-12-28(23-26)36-25-41-39-34-18-6-4-15-30(34)31-16-5-7-19-35(31)40(39)42-36;1-38-32-17-9-8-14-27(32)28-19-18-22(20-33(28)38)23-10-2-5-13-26(23)31-21-36-34-29-15-6-3-11-24(29)25-12-4-7-16-30(25)35(34)37-31;1-38-32-16-7-6-13-27(32)28-18-17-23(20-33(28)38)22-9-8-10-24(19-22)31-21-36-34-29-14-4-2-11-25(29)26-12-3-5-15-30(26)35(34)37-31/h1-25H;2*2-21H,1H3. The minimum absolute atomic E-state index is 0.870. The molecule has 0 radical (unpaired) electrons. The van der Waals surface area contributed by atoms with Gasteiger partial charge in [-0.3, -0.25) is 15.0 Å². The summed E-state index contributed by atoms with van der Waals surface area (Å²) < 4.78 is 6.92. The predicted molar refractivity (Wildman–Crippen MR) is 499 cm³/mol. The molecule has 119 heavy (non-hydrogen) atoms. The van der Waals surface area contributed by atoms with Crippen LogP contribution in [0, 0.1) is 0 Å². The SMILES string of the molecule is Cn1c2ccccc2c2ccc(-c3cccc(-c4cnc5c6ccccc6c6ccccc6c5n4)c3)cc21.Cn1c2ccccc2c2ccc(-c3ccccc3-c3cnc4c5ccccc5c5ccccc5c4n3)cc21.c1ccc(-n2c3ccccc3c3ccc(-c4cccc(-c5cnc6c7ccccc7c7ccccc7c6n5)c4)cc32)cc1. The van der Waals surface area contributed by atoms with Crippen LogP contribution in [0.2, 0.25) is 0 Å². The molecule has 0 N–H and O–H groups in total. The summed E-state index contributed by atoms with van der Waals surface area (Å²) in [6.45, 7) is 0. The Morgan fingerprint density at radius 2 is 0.462 bits per heavy atom. The van der Waals surface area contributed by atoms with Crippen molar-refractivity contribution in [2.24, 2.45) is 14.1 Å². The van der Waals surface area contributed by atoms with E-state index in [2.05, 4.69) is 404 Å². The minimum Gasteiger partial charge on any atom is -0.344 e. The Kier molecular flexibility index (Phi) is 16.2. The van der Waals surface area contributed by atoms with E-state index in [0.29, 0.717) is 0 Å². The van der Waals surface area contributed by atoms with Crippen molar-refractivity contribution in [2.45, 2.75) is 0 Å². The summed E-state index contributed by atoms with van der Waals surface area (Å²) in [6, 6.07) is 133. The van der Waals surface area contributed by atoms with Gasteiger partial charge in [-0.2, -0.15) is 0 Å². The maximum atomic E-state index is 5.26. The maximum absolute atomic E-state index is 5.26. The second-order valence-electron chi connectivity index (χ2n) is 30.9. The van der Waals surface area contributed by atoms with Crippen LogP contribution in [0.15, 0.2) is 395 Å². The zero-order valence-electron chi connectivity index (χ0n) is 65.1.